The normalized spacial score (nSPS) is 10.4. The van der Waals surface area contributed by atoms with Gasteiger partial charge in [-0.25, -0.2) is 4.98 Å². The van der Waals surface area contributed by atoms with Crippen LogP contribution in [0, 0.1) is 0 Å². The van der Waals surface area contributed by atoms with Crippen LogP contribution in [-0.4, -0.2) is 22.8 Å². The number of rotatable bonds is 5. The summed E-state index contributed by atoms with van der Waals surface area (Å²) < 4.78 is 11.8. The van der Waals surface area contributed by atoms with Crippen LogP contribution in [0.5, 0.6) is 11.6 Å². The maximum absolute atomic E-state index is 12.4. The fourth-order valence-corrected chi connectivity index (χ4v) is 2.53. The Morgan fingerprint density at radius 2 is 2.12 bits per heavy atom. The Balaban J connectivity index is 1.66. The summed E-state index contributed by atoms with van der Waals surface area (Å²) in [6.45, 7) is 0.405. The van der Waals surface area contributed by atoms with Crippen LogP contribution in [0.25, 0.3) is 0 Å². The second-order valence-electron chi connectivity index (χ2n) is 5.19. The van der Waals surface area contributed by atoms with E-state index in [1.165, 1.54) is 6.20 Å². The summed E-state index contributed by atoms with van der Waals surface area (Å²) in [6, 6.07) is 14.5. The lowest BCUT2D eigenvalue weighted by Gasteiger charge is -2.15. The molecule has 0 spiro atoms. The second-order valence-corrected chi connectivity index (χ2v) is 6.10. The molecule has 0 fully saturated rings. The number of pyridine rings is 1. The Morgan fingerprint density at radius 3 is 2.79 bits per heavy atom. The van der Waals surface area contributed by atoms with Crippen LogP contribution < -0.4 is 4.74 Å². The van der Waals surface area contributed by atoms with Gasteiger partial charge in [0.25, 0.3) is 5.91 Å². The third-order valence-corrected chi connectivity index (χ3v) is 3.81. The standard InChI is InChI=1S/C18H15BrN2O3/c1-21(12-16-6-3-9-23-16)18(22)13-7-8-17(20-11-13)24-15-5-2-4-14(19)10-15/h2-11H,12H2,1H3. The van der Waals surface area contributed by atoms with Crippen LogP contribution in [-0.2, 0) is 6.54 Å². The zero-order valence-corrected chi connectivity index (χ0v) is 14.6. The van der Waals surface area contributed by atoms with Gasteiger partial charge in [0, 0.05) is 23.8 Å². The van der Waals surface area contributed by atoms with Crippen LogP contribution in [0.4, 0.5) is 0 Å². The van der Waals surface area contributed by atoms with Crippen molar-refractivity contribution in [3.8, 4) is 11.6 Å². The van der Waals surface area contributed by atoms with Gasteiger partial charge in [-0.2, -0.15) is 0 Å². The number of aromatic nitrogens is 1. The molecule has 0 unspecified atom stereocenters. The van der Waals surface area contributed by atoms with E-state index in [-0.39, 0.29) is 5.91 Å². The summed E-state index contributed by atoms with van der Waals surface area (Å²) in [4.78, 5) is 18.2. The molecule has 24 heavy (non-hydrogen) atoms. The van der Waals surface area contributed by atoms with Crippen LogP contribution in [0.2, 0.25) is 0 Å². The predicted molar refractivity (Wildman–Crippen MR) is 93.0 cm³/mol. The number of ether oxygens (including phenoxy) is 1. The third kappa shape index (κ3) is 4.02. The van der Waals surface area contributed by atoms with Crippen molar-refractivity contribution in [3.63, 3.8) is 0 Å². The van der Waals surface area contributed by atoms with Gasteiger partial charge in [0.05, 0.1) is 18.4 Å². The van der Waals surface area contributed by atoms with Crippen molar-refractivity contribution in [3.05, 3.63) is 76.8 Å². The van der Waals surface area contributed by atoms with Crippen molar-refractivity contribution in [2.24, 2.45) is 0 Å². The zero-order valence-electron chi connectivity index (χ0n) is 13.0. The van der Waals surface area contributed by atoms with Crippen molar-refractivity contribution in [2.45, 2.75) is 6.54 Å². The number of nitrogens with zero attached hydrogens (tertiary/aromatic N) is 2. The Bertz CT molecular complexity index is 817. The van der Waals surface area contributed by atoms with Gasteiger partial charge < -0.3 is 14.1 Å². The Kier molecular flexibility index (Phi) is 4.96. The molecule has 6 heteroatoms. The predicted octanol–water partition coefficient (Wildman–Crippen LogP) is 4.50. The molecule has 0 atom stereocenters. The number of hydrogen-bond donors (Lipinski definition) is 0. The second kappa shape index (κ2) is 7.31. The molecule has 122 valence electrons. The van der Waals surface area contributed by atoms with Gasteiger partial charge in [0.2, 0.25) is 5.88 Å². The number of benzene rings is 1. The fraction of sp³-hybridized carbons (Fsp3) is 0.111. The number of furan rings is 1. The molecule has 3 rings (SSSR count). The third-order valence-electron chi connectivity index (χ3n) is 3.32. The van der Waals surface area contributed by atoms with E-state index in [9.17, 15) is 4.79 Å². The van der Waals surface area contributed by atoms with Gasteiger partial charge in [0.15, 0.2) is 0 Å². The van der Waals surface area contributed by atoms with Gasteiger partial charge in [0.1, 0.15) is 11.5 Å². The molecule has 1 aromatic carbocycles. The lowest BCUT2D eigenvalue weighted by molar-refractivity contribution is 0.0775. The number of carbonyl (C=O) groups is 1. The molecule has 0 aliphatic rings. The molecule has 0 aliphatic heterocycles. The quantitative estimate of drug-likeness (QED) is 0.647. The average Bonchev–Trinajstić information content (AvgIpc) is 3.08. The van der Waals surface area contributed by atoms with Crippen molar-refractivity contribution in [1.82, 2.24) is 9.88 Å². The Hall–Kier alpha value is -2.60. The van der Waals surface area contributed by atoms with Crippen LogP contribution in [0.15, 0.2) is 69.9 Å². The van der Waals surface area contributed by atoms with Gasteiger partial charge >= 0.3 is 0 Å². The zero-order chi connectivity index (χ0) is 16.9. The van der Waals surface area contributed by atoms with Crippen LogP contribution in [0.1, 0.15) is 16.1 Å². The van der Waals surface area contributed by atoms with E-state index >= 15 is 0 Å². The highest BCUT2D eigenvalue weighted by atomic mass is 79.9. The van der Waals surface area contributed by atoms with Crippen LogP contribution in [0.3, 0.4) is 0 Å². The van der Waals surface area contributed by atoms with Crippen molar-refractivity contribution >= 4 is 21.8 Å². The topological polar surface area (TPSA) is 55.6 Å². The molecule has 0 saturated carbocycles. The molecule has 2 heterocycles. The fourth-order valence-electron chi connectivity index (χ4n) is 2.15. The number of carbonyl (C=O) groups excluding carboxylic acids is 1. The van der Waals surface area contributed by atoms with Crippen LogP contribution >= 0.6 is 15.9 Å². The molecule has 0 N–H and O–H groups in total. The first-order valence-corrected chi connectivity index (χ1v) is 8.08. The van der Waals surface area contributed by atoms with E-state index in [0.29, 0.717) is 23.7 Å². The van der Waals surface area contributed by atoms with E-state index < -0.39 is 0 Å². The Morgan fingerprint density at radius 1 is 1.25 bits per heavy atom. The molecule has 0 radical (unpaired) electrons. The largest absolute Gasteiger partial charge is 0.467 e. The summed E-state index contributed by atoms with van der Waals surface area (Å²) >= 11 is 3.39. The van der Waals surface area contributed by atoms with Gasteiger partial charge in [-0.3, -0.25) is 4.79 Å². The molecule has 3 aromatic rings. The molecular formula is C18H15BrN2O3. The monoisotopic (exact) mass is 386 g/mol. The highest BCUT2D eigenvalue weighted by Crippen LogP contribution is 2.23. The number of amides is 1. The van der Waals surface area contributed by atoms with E-state index in [4.69, 9.17) is 9.15 Å². The summed E-state index contributed by atoms with van der Waals surface area (Å²) in [5, 5.41) is 0. The Labute approximate surface area is 148 Å². The van der Waals surface area contributed by atoms with Crippen molar-refractivity contribution in [1.29, 1.82) is 0 Å². The van der Waals surface area contributed by atoms with E-state index in [1.54, 1.807) is 36.4 Å². The first kappa shape index (κ1) is 16.3. The average molecular weight is 387 g/mol. The molecule has 0 bridgehead atoms. The molecule has 0 aliphatic carbocycles. The maximum atomic E-state index is 12.4. The highest BCUT2D eigenvalue weighted by molar-refractivity contribution is 9.10. The highest BCUT2D eigenvalue weighted by Gasteiger charge is 2.14. The number of halogens is 1. The molecule has 1 amide bonds. The van der Waals surface area contributed by atoms with Crippen molar-refractivity contribution < 1.29 is 13.9 Å². The minimum atomic E-state index is -0.132. The van der Waals surface area contributed by atoms with E-state index in [0.717, 1.165) is 10.2 Å². The first-order chi connectivity index (χ1) is 11.6. The smallest absolute Gasteiger partial charge is 0.255 e. The first-order valence-electron chi connectivity index (χ1n) is 7.29. The lowest BCUT2D eigenvalue weighted by Crippen LogP contribution is -2.26. The molecule has 2 aromatic heterocycles. The SMILES string of the molecule is CN(Cc1ccco1)C(=O)c1ccc(Oc2cccc(Br)c2)nc1. The van der Waals surface area contributed by atoms with E-state index in [2.05, 4.69) is 20.9 Å². The maximum Gasteiger partial charge on any atom is 0.255 e. The summed E-state index contributed by atoms with van der Waals surface area (Å²) in [5.41, 5.74) is 0.491. The van der Waals surface area contributed by atoms with E-state index in [1.807, 2.05) is 30.3 Å². The summed E-state index contributed by atoms with van der Waals surface area (Å²) in [7, 11) is 1.72. The number of hydrogen-bond acceptors (Lipinski definition) is 4. The van der Waals surface area contributed by atoms with Gasteiger partial charge in [-0.1, -0.05) is 22.0 Å². The molecule has 0 saturated heterocycles. The lowest BCUT2D eigenvalue weighted by atomic mass is 10.2. The van der Waals surface area contributed by atoms with Gasteiger partial charge in [-0.15, -0.1) is 0 Å². The summed E-state index contributed by atoms with van der Waals surface area (Å²) in [6.07, 6.45) is 3.09. The molecular weight excluding hydrogens is 372 g/mol. The molecule has 5 nitrogen and oxygen atoms in total. The minimum absolute atomic E-state index is 0.132. The minimum Gasteiger partial charge on any atom is -0.467 e. The summed E-state index contributed by atoms with van der Waals surface area (Å²) in [5.74, 6) is 1.70. The van der Waals surface area contributed by atoms with Gasteiger partial charge in [-0.05, 0) is 36.4 Å². The van der Waals surface area contributed by atoms with Crippen molar-refractivity contribution in [2.75, 3.05) is 7.05 Å².